The second kappa shape index (κ2) is 9.81. The fourth-order valence-electron chi connectivity index (χ4n) is 0.974. The van der Waals surface area contributed by atoms with E-state index < -0.39 is 0 Å². The van der Waals surface area contributed by atoms with Gasteiger partial charge in [0, 0.05) is 25.4 Å². The van der Waals surface area contributed by atoms with E-state index in [0.29, 0.717) is 0 Å². The number of hydrogen-bond acceptors (Lipinski definition) is 3. The summed E-state index contributed by atoms with van der Waals surface area (Å²) in [5.41, 5.74) is 0. The van der Waals surface area contributed by atoms with Crippen molar-refractivity contribution in [1.82, 2.24) is 10.2 Å². The van der Waals surface area contributed by atoms with Crippen LogP contribution in [0.3, 0.4) is 0 Å². The average molecular weight is 218 g/mol. The summed E-state index contributed by atoms with van der Waals surface area (Å²) in [5.74, 6) is 3.44. The molecule has 0 aromatic heterocycles. The molecule has 0 aromatic carbocycles. The van der Waals surface area contributed by atoms with E-state index in [1.807, 2.05) is 0 Å². The number of likely N-dealkylation sites (N-methyl/N-ethyl adjacent to an activating group) is 1. The number of hydrogen-bond donors (Lipinski definition) is 1. The third-order valence-electron chi connectivity index (χ3n) is 2.26. The van der Waals surface area contributed by atoms with Gasteiger partial charge in [-0.1, -0.05) is 20.3 Å². The van der Waals surface area contributed by atoms with Crippen molar-refractivity contribution in [3.05, 3.63) is 0 Å². The Bertz CT molecular complexity index is 118. The second-order valence-electron chi connectivity index (χ2n) is 4.14. The Morgan fingerprint density at radius 3 is 2.57 bits per heavy atom. The molecule has 86 valence electrons. The Kier molecular flexibility index (Phi) is 10.0. The van der Waals surface area contributed by atoms with Crippen LogP contribution in [0.2, 0.25) is 0 Å². The maximum atomic E-state index is 3.45. The molecule has 0 rings (SSSR count). The predicted molar refractivity (Wildman–Crippen MR) is 68.2 cm³/mol. The van der Waals surface area contributed by atoms with Gasteiger partial charge in [0.15, 0.2) is 0 Å². The van der Waals surface area contributed by atoms with Gasteiger partial charge < -0.3 is 10.2 Å². The molecule has 3 heteroatoms. The summed E-state index contributed by atoms with van der Waals surface area (Å²) >= 11 is 2.07. The van der Waals surface area contributed by atoms with Crippen molar-refractivity contribution in [1.29, 1.82) is 0 Å². The van der Waals surface area contributed by atoms with Gasteiger partial charge in [-0.05, 0) is 25.8 Å². The molecule has 0 radical (unpaired) electrons. The Balaban J connectivity index is 2.99. The van der Waals surface area contributed by atoms with E-state index in [4.69, 9.17) is 0 Å². The topological polar surface area (TPSA) is 15.3 Å². The minimum absolute atomic E-state index is 0.877. The van der Waals surface area contributed by atoms with E-state index in [-0.39, 0.29) is 0 Å². The minimum Gasteiger partial charge on any atom is -0.315 e. The first kappa shape index (κ1) is 14.3. The summed E-state index contributed by atoms with van der Waals surface area (Å²) in [4.78, 5) is 2.21. The molecule has 0 spiro atoms. The van der Waals surface area contributed by atoms with Gasteiger partial charge in [0.1, 0.15) is 0 Å². The highest BCUT2D eigenvalue weighted by Crippen LogP contribution is 2.09. The van der Waals surface area contributed by atoms with Crippen LogP contribution in [0.5, 0.6) is 0 Å². The lowest BCUT2D eigenvalue weighted by Gasteiger charge is -2.11. The van der Waals surface area contributed by atoms with Crippen molar-refractivity contribution in [2.24, 2.45) is 5.92 Å². The summed E-state index contributed by atoms with van der Waals surface area (Å²) in [5, 5.41) is 3.45. The molecule has 0 saturated carbocycles. The van der Waals surface area contributed by atoms with Crippen LogP contribution >= 0.6 is 11.8 Å². The lowest BCUT2D eigenvalue weighted by atomic mass is 10.2. The van der Waals surface area contributed by atoms with Crippen LogP contribution in [0, 0.1) is 5.92 Å². The van der Waals surface area contributed by atoms with Gasteiger partial charge in [0.05, 0.1) is 0 Å². The second-order valence-corrected chi connectivity index (χ2v) is 5.29. The van der Waals surface area contributed by atoms with Crippen molar-refractivity contribution in [2.75, 3.05) is 45.2 Å². The SMILES string of the molecule is CCC(C)CSCCNCCN(C)C. The first-order valence-electron chi connectivity index (χ1n) is 5.60. The number of thioether (sulfide) groups is 1. The normalized spacial score (nSPS) is 13.5. The zero-order valence-electron chi connectivity index (χ0n) is 10.2. The Morgan fingerprint density at radius 2 is 2.00 bits per heavy atom. The van der Waals surface area contributed by atoms with E-state index in [1.165, 1.54) is 17.9 Å². The van der Waals surface area contributed by atoms with Crippen LogP contribution in [0.1, 0.15) is 20.3 Å². The average Bonchev–Trinajstić information content (AvgIpc) is 2.15. The zero-order chi connectivity index (χ0) is 10.8. The van der Waals surface area contributed by atoms with Crippen LogP contribution in [0.4, 0.5) is 0 Å². The first-order valence-corrected chi connectivity index (χ1v) is 6.75. The maximum Gasteiger partial charge on any atom is 0.0101 e. The fourth-order valence-corrected chi connectivity index (χ4v) is 2.07. The molecule has 0 amide bonds. The van der Waals surface area contributed by atoms with Crippen molar-refractivity contribution in [2.45, 2.75) is 20.3 Å². The van der Waals surface area contributed by atoms with Crippen molar-refractivity contribution < 1.29 is 0 Å². The van der Waals surface area contributed by atoms with Crippen LogP contribution < -0.4 is 5.32 Å². The molecule has 0 heterocycles. The third-order valence-corrected chi connectivity index (χ3v) is 3.56. The van der Waals surface area contributed by atoms with E-state index in [0.717, 1.165) is 25.6 Å². The van der Waals surface area contributed by atoms with Gasteiger partial charge in [-0.15, -0.1) is 0 Å². The van der Waals surface area contributed by atoms with Gasteiger partial charge in [-0.3, -0.25) is 0 Å². The van der Waals surface area contributed by atoms with Gasteiger partial charge in [-0.25, -0.2) is 0 Å². The lowest BCUT2D eigenvalue weighted by molar-refractivity contribution is 0.403. The van der Waals surface area contributed by atoms with Gasteiger partial charge in [0.25, 0.3) is 0 Å². The first-order chi connectivity index (χ1) is 6.66. The van der Waals surface area contributed by atoms with Crippen LogP contribution in [0.15, 0.2) is 0 Å². The molecule has 0 aliphatic carbocycles. The van der Waals surface area contributed by atoms with Crippen LogP contribution in [-0.2, 0) is 0 Å². The molecule has 0 aliphatic heterocycles. The Labute approximate surface area is 93.8 Å². The summed E-state index contributed by atoms with van der Waals surface area (Å²) in [7, 11) is 4.22. The molecule has 1 unspecified atom stereocenters. The quantitative estimate of drug-likeness (QED) is 0.595. The van der Waals surface area contributed by atoms with E-state index in [9.17, 15) is 0 Å². The monoisotopic (exact) mass is 218 g/mol. The summed E-state index contributed by atoms with van der Waals surface area (Å²) in [6.45, 7) is 7.98. The summed E-state index contributed by atoms with van der Waals surface area (Å²) < 4.78 is 0. The zero-order valence-corrected chi connectivity index (χ0v) is 11.0. The molecule has 1 atom stereocenters. The van der Waals surface area contributed by atoms with Gasteiger partial charge in [-0.2, -0.15) is 11.8 Å². The van der Waals surface area contributed by atoms with E-state index >= 15 is 0 Å². The molecule has 0 bridgehead atoms. The Hall–Kier alpha value is 0.270. The van der Waals surface area contributed by atoms with E-state index in [2.05, 4.69) is 49.9 Å². The van der Waals surface area contributed by atoms with Crippen LogP contribution in [0.25, 0.3) is 0 Å². The van der Waals surface area contributed by atoms with Gasteiger partial charge >= 0.3 is 0 Å². The highest BCUT2D eigenvalue weighted by molar-refractivity contribution is 7.99. The maximum absolute atomic E-state index is 3.45. The molecule has 0 fully saturated rings. The largest absolute Gasteiger partial charge is 0.315 e. The number of nitrogens with zero attached hydrogens (tertiary/aromatic N) is 1. The number of nitrogens with one attached hydrogen (secondary N) is 1. The summed E-state index contributed by atoms with van der Waals surface area (Å²) in [6.07, 6.45) is 1.31. The standard InChI is InChI=1S/C11H26N2S/c1-5-11(2)10-14-9-7-12-6-8-13(3)4/h11-12H,5-10H2,1-4H3. The van der Waals surface area contributed by atoms with Crippen molar-refractivity contribution in [3.8, 4) is 0 Å². The van der Waals surface area contributed by atoms with E-state index in [1.54, 1.807) is 0 Å². The van der Waals surface area contributed by atoms with Crippen molar-refractivity contribution >= 4 is 11.8 Å². The molecule has 1 N–H and O–H groups in total. The highest BCUT2D eigenvalue weighted by atomic mass is 32.2. The predicted octanol–water partition coefficient (Wildman–Crippen LogP) is 1.92. The third kappa shape index (κ3) is 10.4. The summed E-state index contributed by atoms with van der Waals surface area (Å²) in [6, 6.07) is 0. The smallest absolute Gasteiger partial charge is 0.0101 e. The van der Waals surface area contributed by atoms with Crippen LogP contribution in [-0.4, -0.2) is 50.1 Å². The molecular formula is C11H26N2S. The molecule has 2 nitrogen and oxygen atoms in total. The molecule has 0 aliphatic rings. The molecular weight excluding hydrogens is 192 g/mol. The highest BCUT2D eigenvalue weighted by Gasteiger charge is 1.97. The molecule has 0 aromatic rings. The minimum atomic E-state index is 0.877. The fraction of sp³-hybridized carbons (Fsp3) is 1.00. The number of rotatable bonds is 9. The molecule has 14 heavy (non-hydrogen) atoms. The molecule has 0 saturated heterocycles. The lowest BCUT2D eigenvalue weighted by Crippen LogP contribution is -2.28. The Morgan fingerprint density at radius 1 is 1.29 bits per heavy atom. The van der Waals surface area contributed by atoms with Crippen molar-refractivity contribution in [3.63, 3.8) is 0 Å². The van der Waals surface area contributed by atoms with Gasteiger partial charge in [0.2, 0.25) is 0 Å².